The number of imidazole rings is 1. The van der Waals surface area contributed by atoms with E-state index in [0.717, 1.165) is 33.9 Å². The number of aliphatic imine (C=N–C) groups is 1. The van der Waals surface area contributed by atoms with Crippen LogP contribution in [0.4, 0.5) is 0 Å². The highest BCUT2D eigenvalue weighted by Gasteiger charge is 2.27. The van der Waals surface area contributed by atoms with Gasteiger partial charge in [0.25, 0.3) is 0 Å². The fraction of sp³-hybridized carbons (Fsp3) is 0.174. The van der Waals surface area contributed by atoms with Crippen LogP contribution in [0.25, 0.3) is 17.1 Å². The molecule has 5 heteroatoms. The zero-order valence-corrected chi connectivity index (χ0v) is 15.2. The number of hydrogen-bond acceptors (Lipinski definition) is 4. The van der Waals surface area contributed by atoms with Crippen molar-refractivity contribution >= 4 is 5.71 Å². The number of fused-ring (bicyclic) bond motifs is 3. The molecule has 6 rings (SSSR count). The minimum atomic E-state index is 0.535. The molecule has 0 amide bonds. The van der Waals surface area contributed by atoms with Crippen LogP contribution in [0, 0.1) is 0 Å². The van der Waals surface area contributed by atoms with Crippen molar-refractivity contribution in [3.8, 4) is 17.1 Å². The van der Waals surface area contributed by atoms with Crippen molar-refractivity contribution in [2.45, 2.75) is 25.3 Å². The van der Waals surface area contributed by atoms with Gasteiger partial charge in [0.1, 0.15) is 12.0 Å². The molecule has 0 atom stereocenters. The Hall–Kier alpha value is -3.47. The topological polar surface area (TPSA) is 56.2 Å². The van der Waals surface area contributed by atoms with E-state index in [1.54, 1.807) is 6.20 Å². The van der Waals surface area contributed by atoms with Crippen LogP contribution in [0.15, 0.2) is 76.9 Å². The van der Waals surface area contributed by atoms with Gasteiger partial charge in [0.15, 0.2) is 12.2 Å². The van der Waals surface area contributed by atoms with E-state index < -0.39 is 0 Å². The number of aromatic nitrogens is 3. The molecule has 2 aliphatic rings. The maximum Gasteiger partial charge on any atom is 0.181 e. The van der Waals surface area contributed by atoms with Crippen LogP contribution in [0.1, 0.15) is 41.1 Å². The standard InChI is InChI=1S/C23H18N4O/c1-2-4-16(5-3-1)22-18-10-17(15-6-7-15)8-9-19(18)27-13-26-23(20(27)11-25-22)21-12-24-14-28-21/h1-5,8-10,12-15H,6-7,11H2. The molecule has 2 aromatic heterocycles. The average molecular weight is 366 g/mol. The molecule has 0 N–H and O–H groups in total. The highest BCUT2D eigenvalue weighted by atomic mass is 16.3. The quantitative estimate of drug-likeness (QED) is 0.525. The Bertz CT molecular complexity index is 1180. The lowest BCUT2D eigenvalue weighted by atomic mass is 9.97. The second-order valence-electron chi connectivity index (χ2n) is 7.36. The summed E-state index contributed by atoms with van der Waals surface area (Å²) in [7, 11) is 0. The van der Waals surface area contributed by atoms with Crippen molar-refractivity contribution in [3.63, 3.8) is 0 Å². The monoisotopic (exact) mass is 366 g/mol. The van der Waals surface area contributed by atoms with Gasteiger partial charge in [0, 0.05) is 11.1 Å². The van der Waals surface area contributed by atoms with Gasteiger partial charge in [-0.1, -0.05) is 36.4 Å². The molecular weight excluding hydrogens is 348 g/mol. The number of hydrogen-bond donors (Lipinski definition) is 0. The number of rotatable bonds is 3. The molecule has 1 aliphatic heterocycles. The predicted molar refractivity (Wildman–Crippen MR) is 107 cm³/mol. The van der Waals surface area contributed by atoms with Crippen LogP contribution in [0.5, 0.6) is 0 Å². The lowest BCUT2D eigenvalue weighted by molar-refractivity contribution is 0.569. The lowest BCUT2D eigenvalue weighted by Gasteiger charge is -2.13. The van der Waals surface area contributed by atoms with E-state index in [-0.39, 0.29) is 0 Å². The molecule has 0 bridgehead atoms. The van der Waals surface area contributed by atoms with Gasteiger partial charge in [-0.15, -0.1) is 0 Å². The third-order valence-corrected chi connectivity index (χ3v) is 5.55. The molecule has 1 aliphatic carbocycles. The SMILES string of the molecule is c1ccc(C2=NCc3c(-c4cnco4)ncn3-c3ccc(C4CC4)cc32)cc1. The van der Waals surface area contributed by atoms with Crippen molar-refractivity contribution < 1.29 is 4.42 Å². The van der Waals surface area contributed by atoms with Crippen molar-refractivity contribution in [3.05, 3.63) is 89.8 Å². The van der Waals surface area contributed by atoms with E-state index >= 15 is 0 Å². The Balaban J connectivity index is 1.58. The van der Waals surface area contributed by atoms with Gasteiger partial charge in [0.05, 0.1) is 29.8 Å². The third kappa shape index (κ3) is 2.43. The summed E-state index contributed by atoms with van der Waals surface area (Å²) in [4.78, 5) is 13.7. The van der Waals surface area contributed by atoms with Gasteiger partial charge < -0.3 is 4.42 Å². The fourth-order valence-corrected chi connectivity index (χ4v) is 3.98. The summed E-state index contributed by atoms with van der Waals surface area (Å²) in [5.74, 6) is 1.36. The minimum Gasteiger partial charge on any atom is -0.442 e. The van der Waals surface area contributed by atoms with Crippen molar-refractivity contribution in [2.75, 3.05) is 0 Å². The molecule has 0 radical (unpaired) electrons. The molecule has 1 fully saturated rings. The molecule has 3 heterocycles. The second kappa shape index (κ2) is 6.02. The first-order valence-electron chi connectivity index (χ1n) is 9.58. The maximum absolute atomic E-state index is 5.51. The van der Waals surface area contributed by atoms with Gasteiger partial charge in [-0.2, -0.15) is 0 Å². The molecule has 1 saturated carbocycles. The van der Waals surface area contributed by atoms with Crippen LogP contribution < -0.4 is 0 Å². The van der Waals surface area contributed by atoms with Crippen LogP contribution >= 0.6 is 0 Å². The molecule has 2 aromatic carbocycles. The number of benzene rings is 2. The van der Waals surface area contributed by atoms with Crippen molar-refractivity contribution in [1.29, 1.82) is 0 Å². The van der Waals surface area contributed by atoms with Gasteiger partial charge in [0.2, 0.25) is 0 Å². The van der Waals surface area contributed by atoms with Crippen LogP contribution in [0.3, 0.4) is 0 Å². The Morgan fingerprint density at radius 3 is 2.71 bits per heavy atom. The number of oxazole rings is 1. The van der Waals surface area contributed by atoms with Crippen LogP contribution in [0.2, 0.25) is 0 Å². The van der Waals surface area contributed by atoms with E-state index in [4.69, 9.17) is 9.41 Å². The summed E-state index contributed by atoms with van der Waals surface area (Å²) in [5, 5.41) is 0. The van der Waals surface area contributed by atoms with E-state index in [1.807, 2.05) is 12.4 Å². The summed E-state index contributed by atoms with van der Waals surface area (Å²) in [5.41, 5.74) is 7.66. The molecule has 28 heavy (non-hydrogen) atoms. The van der Waals surface area contributed by atoms with Gasteiger partial charge in [-0.05, 0) is 36.5 Å². The summed E-state index contributed by atoms with van der Waals surface area (Å²) in [6, 6.07) is 17.2. The van der Waals surface area contributed by atoms with Crippen molar-refractivity contribution in [2.24, 2.45) is 4.99 Å². The molecule has 0 spiro atoms. The zero-order valence-electron chi connectivity index (χ0n) is 15.2. The summed E-state index contributed by atoms with van der Waals surface area (Å²) >= 11 is 0. The molecular formula is C23H18N4O. The predicted octanol–water partition coefficient (Wildman–Crippen LogP) is 4.76. The van der Waals surface area contributed by atoms with Crippen LogP contribution in [-0.4, -0.2) is 20.2 Å². The average Bonchev–Trinajstić information content (AvgIpc) is 3.33. The van der Waals surface area contributed by atoms with Gasteiger partial charge in [-0.3, -0.25) is 9.56 Å². The van der Waals surface area contributed by atoms with Gasteiger partial charge >= 0.3 is 0 Å². The Kier molecular flexibility index (Phi) is 3.35. The first-order chi connectivity index (χ1) is 13.9. The Morgan fingerprint density at radius 1 is 1.04 bits per heavy atom. The largest absolute Gasteiger partial charge is 0.442 e. The minimum absolute atomic E-state index is 0.535. The highest BCUT2D eigenvalue weighted by molar-refractivity contribution is 6.15. The molecule has 0 unspecified atom stereocenters. The normalized spacial score (nSPS) is 15.5. The Labute approximate surface area is 162 Å². The lowest BCUT2D eigenvalue weighted by Crippen LogP contribution is -2.07. The van der Waals surface area contributed by atoms with Crippen LogP contribution in [-0.2, 0) is 6.54 Å². The smallest absolute Gasteiger partial charge is 0.181 e. The fourth-order valence-electron chi connectivity index (χ4n) is 3.98. The van der Waals surface area contributed by atoms with E-state index in [1.165, 1.54) is 24.8 Å². The zero-order chi connectivity index (χ0) is 18.5. The van der Waals surface area contributed by atoms with E-state index in [0.29, 0.717) is 18.2 Å². The third-order valence-electron chi connectivity index (χ3n) is 5.55. The molecule has 136 valence electrons. The first kappa shape index (κ1) is 15.6. The summed E-state index contributed by atoms with van der Waals surface area (Å²) in [6.07, 6.45) is 7.57. The van der Waals surface area contributed by atoms with E-state index in [9.17, 15) is 0 Å². The van der Waals surface area contributed by atoms with Crippen molar-refractivity contribution in [1.82, 2.24) is 14.5 Å². The summed E-state index contributed by atoms with van der Waals surface area (Å²) < 4.78 is 7.65. The molecule has 4 aromatic rings. The van der Waals surface area contributed by atoms with Gasteiger partial charge in [-0.25, -0.2) is 9.97 Å². The second-order valence-corrected chi connectivity index (χ2v) is 7.36. The van der Waals surface area contributed by atoms with E-state index in [2.05, 4.69) is 57.0 Å². The molecule has 0 saturated heterocycles. The number of nitrogens with zero attached hydrogens (tertiary/aromatic N) is 4. The maximum atomic E-state index is 5.51. The molecule has 5 nitrogen and oxygen atoms in total. The summed E-state index contributed by atoms with van der Waals surface area (Å²) in [6.45, 7) is 0.535. The first-order valence-corrected chi connectivity index (χ1v) is 9.58. The highest BCUT2D eigenvalue weighted by Crippen LogP contribution is 2.41. The Morgan fingerprint density at radius 2 is 1.93 bits per heavy atom.